The van der Waals surface area contributed by atoms with Crippen molar-refractivity contribution in [3.8, 4) is 0 Å². The molecular formula is C19H38B2O9P2. The van der Waals surface area contributed by atoms with Gasteiger partial charge in [0, 0.05) is 12.4 Å². The molecule has 0 bridgehead atoms. The lowest BCUT2D eigenvalue weighted by atomic mass is 9.90. The van der Waals surface area contributed by atoms with Gasteiger partial charge in [0.1, 0.15) is 14.0 Å². The molecule has 1 heterocycles. The SMILES string of the molecule is [B][C@@H]1O[C@H](CC(C)(CC)OP([B])(=O)C(C)C(C)(CC)OP(=O)(O)C(C)(O)CC)[C@@H](O)[C@H]1O. The molecule has 0 saturated carbocycles. The molecular weight excluding hydrogens is 456 g/mol. The van der Waals surface area contributed by atoms with Crippen LogP contribution in [0, 0.1) is 0 Å². The second-order valence-electron chi connectivity index (χ2n) is 9.39. The Morgan fingerprint density at radius 3 is 1.94 bits per heavy atom. The maximum absolute atomic E-state index is 13.5. The lowest BCUT2D eigenvalue weighted by Gasteiger charge is -2.44. The number of ether oxygens (including phenoxy) is 1. The van der Waals surface area contributed by atoms with Crippen molar-refractivity contribution in [3.63, 3.8) is 0 Å². The van der Waals surface area contributed by atoms with E-state index < -0.39 is 61.4 Å². The lowest BCUT2D eigenvalue weighted by molar-refractivity contribution is -0.0339. The van der Waals surface area contributed by atoms with Crippen LogP contribution < -0.4 is 0 Å². The second kappa shape index (κ2) is 10.5. The number of aliphatic hydroxyl groups excluding tert-OH is 2. The van der Waals surface area contributed by atoms with Crippen molar-refractivity contribution < 1.29 is 43.1 Å². The maximum Gasteiger partial charge on any atom is 0.359 e. The Morgan fingerprint density at radius 1 is 1.03 bits per heavy atom. The van der Waals surface area contributed by atoms with Gasteiger partial charge in [-0.3, -0.25) is 9.09 Å². The maximum atomic E-state index is 13.5. The molecule has 6 unspecified atom stereocenters. The predicted molar refractivity (Wildman–Crippen MR) is 124 cm³/mol. The molecule has 1 aliphatic heterocycles. The fourth-order valence-corrected chi connectivity index (χ4v) is 7.02. The van der Waals surface area contributed by atoms with E-state index in [1.54, 1.807) is 27.7 Å². The van der Waals surface area contributed by atoms with Crippen molar-refractivity contribution in [3.05, 3.63) is 0 Å². The lowest BCUT2D eigenvalue weighted by Crippen LogP contribution is -2.44. The highest BCUT2D eigenvalue weighted by atomic mass is 31.2. The van der Waals surface area contributed by atoms with Gasteiger partial charge in [0.05, 0.1) is 29.1 Å². The monoisotopic (exact) mass is 494 g/mol. The molecule has 0 aromatic rings. The van der Waals surface area contributed by atoms with Crippen LogP contribution in [0.25, 0.3) is 0 Å². The molecule has 9 nitrogen and oxygen atoms in total. The summed E-state index contributed by atoms with van der Waals surface area (Å²) in [6, 6.07) is -1.05. The van der Waals surface area contributed by atoms with Crippen molar-refractivity contribution in [1.29, 1.82) is 0 Å². The topological polar surface area (TPSA) is 143 Å². The van der Waals surface area contributed by atoms with Crippen LogP contribution in [0.2, 0.25) is 0 Å². The van der Waals surface area contributed by atoms with Crippen LogP contribution in [0.15, 0.2) is 0 Å². The van der Waals surface area contributed by atoms with E-state index in [1.807, 2.05) is 0 Å². The smallest absolute Gasteiger partial charge is 0.359 e. The van der Waals surface area contributed by atoms with E-state index in [9.17, 15) is 29.3 Å². The van der Waals surface area contributed by atoms with Gasteiger partial charge in [-0.05, 0) is 40.0 Å². The largest absolute Gasteiger partial charge is 0.388 e. The van der Waals surface area contributed by atoms with E-state index in [0.29, 0.717) is 6.42 Å². The average Bonchev–Trinajstić information content (AvgIpc) is 2.92. The first kappa shape index (κ1) is 30.3. The fourth-order valence-electron chi connectivity index (χ4n) is 3.44. The van der Waals surface area contributed by atoms with Gasteiger partial charge in [-0.15, -0.1) is 0 Å². The summed E-state index contributed by atoms with van der Waals surface area (Å²) in [7, 11) is 3.27. The molecule has 4 N–H and O–H groups in total. The Hall–Kier alpha value is 0.310. The van der Waals surface area contributed by atoms with Crippen LogP contribution in [0.3, 0.4) is 0 Å². The summed E-state index contributed by atoms with van der Waals surface area (Å²) in [5.74, 6) is 0. The standard InChI is InChI=1S/C19H38B2O9P2/c1-8-17(5,11-13-14(22)15(23)16(20)28-13)29-31(21,25)12(4)18(6,9-2)30-32(26,27)19(7,24)10-3/h12-16,22-24H,8-11H2,1-7H3,(H,26,27)/t12?,13-,14-,15-,16-,17?,18?,19?,31?/m1/s1. The van der Waals surface area contributed by atoms with Crippen molar-refractivity contribution in [2.45, 2.75) is 121 Å². The zero-order valence-corrected chi connectivity index (χ0v) is 21.9. The van der Waals surface area contributed by atoms with Gasteiger partial charge in [0.25, 0.3) is 0 Å². The molecule has 1 aliphatic rings. The summed E-state index contributed by atoms with van der Waals surface area (Å²) in [5.41, 5.74) is -3.61. The van der Waals surface area contributed by atoms with Gasteiger partial charge < -0.3 is 34.0 Å². The van der Waals surface area contributed by atoms with Crippen molar-refractivity contribution in [1.82, 2.24) is 0 Å². The van der Waals surface area contributed by atoms with E-state index in [2.05, 4.69) is 0 Å². The minimum atomic E-state index is -4.53. The summed E-state index contributed by atoms with van der Waals surface area (Å²) in [5, 5.41) is 28.3. The van der Waals surface area contributed by atoms with Crippen LogP contribution in [0.5, 0.6) is 0 Å². The molecule has 0 spiro atoms. The quantitative estimate of drug-likeness (QED) is 0.238. The molecule has 0 aromatic carbocycles. The Balaban J connectivity index is 3.12. The molecule has 0 aliphatic carbocycles. The Bertz CT molecular complexity index is 740. The molecule has 13 heteroatoms. The molecule has 0 amide bonds. The number of hydrogen-bond acceptors (Lipinski definition) is 8. The number of rotatable bonds is 12. The first-order valence-electron chi connectivity index (χ1n) is 10.9. The van der Waals surface area contributed by atoms with Gasteiger partial charge in [0.2, 0.25) is 7.57 Å². The normalized spacial score (nSPS) is 34.5. The van der Waals surface area contributed by atoms with Crippen molar-refractivity contribution in [2.24, 2.45) is 0 Å². The van der Waals surface area contributed by atoms with Crippen LogP contribution in [0.1, 0.15) is 74.1 Å². The third-order valence-corrected chi connectivity index (χ3v) is 11.4. The third-order valence-electron chi connectivity index (χ3n) is 6.88. The minimum Gasteiger partial charge on any atom is -0.388 e. The van der Waals surface area contributed by atoms with Crippen LogP contribution >= 0.6 is 14.8 Å². The average molecular weight is 494 g/mol. The highest BCUT2D eigenvalue weighted by Gasteiger charge is 2.52. The van der Waals surface area contributed by atoms with Gasteiger partial charge in [-0.1, -0.05) is 27.7 Å². The van der Waals surface area contributed by atoms with E-state index in [4.69, 9.17) is 29.2 Å². The van der Waals surface area contributed by atoms with Crippen molar-refractivity contribution in [2.75, 3.05) is 0 Å². The van der Waals surface area contributed by atoms with Gasteiger partial charge in [-0.25, -0.2) is 0 Å². The molecule has 0 aromatic heterocycles. The molecule has 184 valence electrons. The molecule has 1 rings (SSSR count). The zero-order chi connectivity index (χ0) is 25.3. The summed E-state index contributed by atoms with van der Waals surface area (Å²) in [6.45, 7) is 10.9. The van der Waals surface area contributed by atoms with Gasteiger partial charge >= 0.3 is 7.60 Å². The van der Waals surface area contributed by atoms with Gasteiger partial charge in [-0.2, -0.15) is 0 Å². The molecule has 32 heavy (non-hydrogen) atoms. The minimum absolute atomic E-state index is 0.0304. The number of hydrogen-bond donors (Lipinski definition) is 4. The van der Waals surface area contributed by atoms with Crippen LogP contribution in [0.4, 0.5) is 0 Å². The van der Waals surface area contributed by atoms with E-state index in [0.717, 1.165) is 0 Å². The van der Waals surface area contributed by atoms with Crippen molar-refractivity contribution >= 4 is 30.3 Å². The molecule has 1 fully saturated rings. The van der Waals surface area contributed by atoms with E-state index >= 15 is 0 Å². The first-order valence-corrected chi connectivity index (χ1v) is 14.3. The highest BCUT2D eigenvalue weighted by Crippen LogP contribution is 2.63. The predicted octanol–water partition coefficient (Wildman–Crippen LogP) is 2.42. The van der Waals surface area contributed by atoms with E-state index in [1.165, 1.54) is 20.8 Å². The summed E-state index contributed by atoms with van der Waals surface area (Å²) in [6.07, 6.45) is -2.83. The van der Waals surface area contributed by atoms with Crippen LogP contribution in [-0.4, -0.2) is 82.1 Å². The summed E-state index contributed by atoms with van der Waals surface area (Å²) >= 11 is 0. The summed E-state index contributed by atoms with van der Waals surface area (Å²) < 4.78 is 43.1. The zero-order valence-electron chi connectivity index (χ0n) is 20.1. The Kier molecular flexibility index (Phi) is 9.97. The highest BCUT2D eigenvalue weighted by molar-refractivity contribution is 7.84. The Labute approximate surface area is 194 Å². The first-order chi connectivity index (χ1) is 14.3. The molecule has 1 saturated heterocycles. The fraction of sp³-hybridized carbons (Fsp3) is 1.00. The van der Waals surface area contributed by atoms with Crippen LogP contribution in [-0.2, 0) is 22.9 Å². The summed E-state index contributed by atoms with van der Waals surface area (Å²) in [4.78, 5) is 10.4. The Morgan fingerprint density at radius 2 is 1.56 bits per heavy atom. The second-order valence-corrected chi connectivity index (χ2v) is 13.8. The van der Waals surface area contributed by atoms with Gasteiger partial charge in [0.15, 0.2) is 12.6 Å². The molecule has 4 radical (unpaired) electrons. The molecule has 10 atom stereocenters. The van der Waals surface area contributed by atoms with E-state index in [-0.39, 0.29) is 19.3 Å². The number of aliphatic hydroxyl groups is 3. The third kappa shape index (κ3) is 6.50.